The second-order valence-corrected chi connectivity index (χ2v) is 10.1. The van der Waals surface area contributed by atoms with Crippen molar-refractivity contribution in [3.63, 3.8) is 0 Å². The molecular formula is C25H29N5O4S. The molecule has 10 heteroatoms. The van der Waals surface area contributed by atoms with E-state index in [0.717, 1.165) is 35.6 Å². The number of nitrogens with one attached hydrogen (secondary N) is 1. The molecule has 1 unspecified atom stereocenters. The van der Waals surface area contributed by atoms with Crippen molar-refractivity contribution >= 4 is 32.9 Å². The van der Waals surface area contributed by atoms with Crippen LogP contribution in [0.3, 0.4) is 0 Å². The summed E-state index contributed by atoms with van der Waals surface area (Å²) in [5.74, 6) is 3.69. The number of carbonyl (C=O) groups is 1. The Labute approximate surface area is 205 Å². The van der Waals surface area contributed by atoms with Gasteiger partial charge in [-0.2, -0.15) is 0 Å². The maximum Gasteiger partial charge on any atom is 0.255 e. The summed E-state index contributed by atoms with van der Waals surface area (Å²) in [6, 6.07) is 10.2. The first kappa shape index (κ1) is 24.6. The van der Waals surface area contributed by atoms with E-state index in [2.05, 4.69) is 26.1 Å². The molecule has 1 aliphatic rings. The predicted octanol–water partition coefficient (Wildman–Crippen LogP) is 2.89. The van der Waals surface area contributed by atoms with Crippen LogP contribution >= 0.6 is 0 Å². The largest absolute Gasteiger partial charge is 0.476 e. The lowest BCUT2D eigenvalue weighted by Crippen LogP contribution is -2.36. The number of aromatic nitrogens is 2. The molecule has 1 aromatic carbocycles. The summed E-state index contributed by atoms with van der Waals surface area (Å²) in [6.45, 7) is 7.14. The molecule has 1 amide bonds. The van der Waals surface area contributed by atoms with E-state index in [9.17, 15) is 9.00 Å². The van der Waals surface area contributed by atoms with Crippen LogP contribution in [0.2, 0.25) is 0 Å². The topological polar surface area (TPSA) is 120 Å². The average Bonchev–Trinajstić information content (AvgIpc) is 2.86. The molecule has 1 saturated heterocycles. The SMILES string of the molecule is C=S(N)(=O)c1cccc(C(=O)Nc2cnc(C)c(-c3cnc(OCC)c(N4CCOCC4)c3)c2)c1. The van der Waals surface area contributed by atoms with Crippen LogP contribution < -0.4 is 20.1 Å². The minimum absolute atomic E-state index is 0.309. The molecule has 9 nitrogen and oxygen atoms in total. The van der Waals surface area contributed by atoms with Crippen LogP contribution in [-0.2, 0) is 14.4 Å². The Morgan fingerprint density at radius 1 is 1.23 bits per heavy atom. The quantitative estimate of drug-likeness (QED) is 0.484. The maximum atomic E-state index is 12.9. The van der Waals surface area contributed by atoms with E-state index in [0.29, 0.717) is 41.8 Å². The minimum atomic E-state index is -2.92. The fourth-order valence-electron chi connectivity index (χ4n) is 3.82. The molecule has 2 aromatic heterocycles. The van der Waals surface area contributed by atoms with Gasteiger partial charge >= 0.3 is 0 Å². The fraction of sp³-hybridized carbons (Fsp3) is 0.280. The van der Waals surface area contributed by atoms with Crippen molar-refractivity contribution in [1.29, 1.82) is 0 Å². The smallest absolute Gasteiger partial charge is 0.255 e. The van der Waals surface area contributed by atoms with Gasteiger partial charge in [-0.05, 0) is 50.0 Å². The van der Waals surface area contributed by atoms with Gasteiger partial charge in [0.1, 0.15) is 5.69 Å². The van der Waals surface area contributed by atoms with E-state index in [-0.39, 0.29) is 5.91 Å². The van der Waals surface area contributed by atoms with Crippen molar-refractivity contribution in [2.45, 2.75) is 18.7 Å². The molecule has 0 radical (unpaired) electrons. The average molecular weight is 496 g/mol. The highest BCUT2D eigenvalue weighted by molar-refractivity contribution is 7.98. The van der Waals surface area contributed by atoms with Gasteiger partial charge in [-0.15, -0.1) is 0 Å². The second kappa shape index (κ2) is 10.4. The van der Waals surface area contributed by atoms with Gasteiger partial charge in [0.2, 0.25) is 5.88 Å². The van der Waals surface area contributed by atoms with Crippen molar-refractivity contribution in [2.75, 3.05) is 43.1 Å². The number of nitrogens with two attached hydrogens (primary N) is 1. The molecule has 1 atom stereocenters. The van der Waals surface area contributed by atoms with Gasteiger partial charge in [0, 0.05) is 46.6 Å². The van der Waals surface area contributed by atoms with Crippen LogP contribution in [-0.4, -0.2) is 58.9 Å². The number of benzene rings is 1. The Bertz CT molecular complexity index is 1340. The molecule has 3 aromatic rings. The third-order valence-corrected chi connectivity index (χ3v) is 6.67. The van der Waals surface area contributed by atoms with Crippen LogP contribution in [0.4, 0.5) is 11.4 Å². The Hall–Kier alpha value is -3.47. The third-order valence-electron chi connectivity index (χ3n) is 5.62. The lowest BCUT2D eigenvalue weighted by atomic mass is 10.0. The van der Waals surface area contributed by atoms with Crippen LogP contribution in [0.15, 0.2) is 53.7 Å². The molecule has 4 rings (SSSR count). The summed E-state index contributed by atoms with van der Waals surface area (Å²) in [7, 11) is -2.92. The summed E-state index contributed by atoms with van der Waals surface area (Å²) in [6.07, 6.45) is 3.35. The summed E-state index contributed by atoms with van der Waals surface area (Å²) in [4.78, 5) is 24.4. The number of hydrogen-bond donors (Lipinski definition) is 2. The summed E-state index contributed by atoms with van der Waals surface area (Å²) in [5, 5.41) is 8.48. The van der Waals surface area contributed by atoms with Gasteiger partial charge in [-0.3, -0.25) is 14.9 Å². The fourth-order valence-corrected chi connectivity index (χ4v) is 4.45. The highest BCUT2D eigenvalue weighted by atomic mass is 32.2. The first-order chi connectivity index (χ1) is 16.8. The zero-order valence-electron chi connectivity index (χ0n) is 19.8. The Balaban J connectivity index is 1.64. The van der Waals surface area contributed by atoms with Gasteiger partial charge in [-0.25, -0.2) is 9.19 Å². The first-order valence-corrected chi connectivity index (χ1v) is 13.0. The molecule has 35 heavy (non-hydrogen) atoms. The van der Waals surface area contributed by atoms with E-state index >= 15 is 0 Å². The molecule has 184 valence electrons. The Morgan fingerprint density at radius 3 is 2.71 bits per heavy atom. The zero-order chi connectivity index (χ0) is 25.0. The van der Waals surface area contributed by atoms with E-state index in [1.54, 1.807) is 30.6 Å². The highest BCUT2D eigenvalue weighted by Gasteiger charge is 2.19. The zero-order valence-corrected chi connectivity index (χ0v) is 20.6. The number of morpholine rings is 1. The van der Waals surface area contributed by atoms with Gasteiger partial charge in [0.05, 0.1) is 41.4 Å². The van der Waals surface area contributed by atoms with Crippen molar-refractivity contribution in [3.05, 3.63) is 60.0 Å². The lowest BCUT2D eigenvalue weighted by Gasteiger charge is -2.30. The first-order valence-electron chi connectivity index (χ1n) is 11.2. The van der Waals surface area contributed by atoms with Gasteiger partial charge in [0.25, 0.3) is 5.91 Å². The molecule has 0 spiro atoms. The normalized spacial score (nSPS) is 15.3. The summed E-state index contributed by atoms with van der Waals surface area (Å²) >= 11 is 0. The number of aryl methyl sites for hydroxylation is 1. The standard InChI is InChI=1S/C25H29N5O4S/c1-4-34-25-23(30-8-10-33-11-9-30)13-19(15-28-25)22-14-20(16-27-17(22)2)29-24(31)18-6-5-7-21(12-18)35(3,26)32/h5-7,12-16H,3-4,8-11H2,1-2H3,(H2,26,32)(H,29,31). The number of hydrogen-bond acceptors (Lipinski definition) is 7. The number of ether oxygens (including phenoxy) is 2. The minimum Gasteiger partial charge on any atom is -0.476 e. The van der Waals surface area contributed by atoms with E-state index in [1.165, 1.54) is 6.07 Å². The second-order valence-electron chi connectivity index (χ2n) is 8.15. The molecule has 0 saturated carbocycles. The predicted molar refractivity (Wildman–Crippen MR) is 139 cm³/mol. The van der Waals surface area contributed by atoms with Crippen LogP contribution in [0, 0.1) is 6.92 Å². The van der Waals surface area contributed by atoms with Gasteiger partial charge < -0.3 is 19.7 Å². The Kier molecular flexibility index (Phi) is 7.34. The Morgan fingerprint density at radius 2 is 2.00 bits per heavy atom. The molecule has 0 aliphatic carbocycles. The van der Waals surface area contributed by atoms with E-state index < -0.39 is 9.71 Å². The summed E-state index contributed by atoms with van der Waals surface area (Å²) < 4.78 is 23.3. The van der Waals surface area contributed by atoms with Crippen LogP contribution in [0.1, 0.15) is 23.0 Å². The van der Waals surface area contributed by atoms with E-state index in [4.69, 9.17) is 14.6 Å². The summed E-state index contributed by atoms with van der Waals surface area (Å²) in [5.41, 5.74) is 4.23. The number of carbonyl (C=O) groups excluding carboxylic acids is 1. The van der Waals surface area contributed by atoms with Gasteiger partial charge in [-0.1, -0.05) is 6.07 Å². The molecule has 3 heterocycles. The van der Waals surface area contributed by atoms with Crippen LogP contribution in [0.25, 0.3) is 11.1 Å². The lowest BCUT2D eigenvalue weighted by molar-refractivity contribution is 0.102. The maximum absolute atomic E-state index is 12.9. The molecule has 3 N–H and O–H groups in total. The molecule has 0 bridgehead atoms. The monoisotopic (exact) mass is 495 g/mol. The molecule has 1 aliphatic heterocycles. The number of nitrogens with zero attached hydrogens (tertiary/aromatic N) is 3. The number of anilines is 2. The molecule has 1 fully saturated rings. The number of amides is 1. The van der Waals surface area contributed by atoms with Crippen molar-refractivity contribution in [3.8, 4) is 17.0 Å². The van der Waals surface area contributed by atoms with Crippen molar-refractivity contribution < 1.29 is 18.5 Å². The number of rotatable bonds is 7. The van der Waals surface area contributed by atoms with Gasteiger partial charge in [0.15, 0.2) is 0 Å². The number of pyridine rings is 2. The molecular weight excluding hydrogens is 466 g/mol. The van der Waals surface area contributed by atoms with Crippen LogP contribution in [0.5, 0.6) is 5.88 Å². The highest BCUT2D eigenvalue weighted by Crippen LogP contribution is 2.33. The van der Waals surface area contributed by atoms with Crippen molar-refractivity contribution in [1.82, 2.24) is 9.97 Å². The van der Waals surface area contributed by atoms with Crippen molar-refractivity contribution in [2.24, 2.45) is 5.14 Å². The van der Waals surface area contributed by atoms with E-state index in [1.807, 2.05) is 26.0 Å². The third kappa shape index (κ3) is 5.79.